The quantitative estimate of drug-likeness (QED) is 0.866. The molecule has 5 rings (SSSR count). The molecule has 22 heavy (non-hydrogen) atoms. The molecule has 1 amide bonds. The zero-order valence-electron chi connectivity index (χ0n) is 13.2. The zero-order valence-corrected chi connectivity index (χ0v) is 14.0. The summed E-state index contributed by atoms with van der Waals surface area (Å²) in [6.07, 6.45) is 9.56. The van der Waals surface area contributed by atoms with E-state index in [-0.39, 0.29) is 28.9 Å². The van der Waals surface area contributed by atoms with Crippen molar-refractivity contribution in [2.45, 2.75) is 63.3 Å². The van der Waals surface area contributed by atoms with E-state index in [1.807, 2.05) is 0 Å². The highest BCUT2D eigenvalue weighted by Crippen LogP contribution is 2.55. The van der Waals surface area contributed by atoms with Gasteiger partial charge in [0, 0.05) is 12.0 Å². The molecule has 5 aliphatic rings. The fraction of sp³-hybridized carbons (Fsp3) is 0.941. The second kappa shape index (κ2) is 5.22. The third-order valence-corrected chi connectivity index (χ3v) is 8.31. The molecule has 0 unspecified atom stereocenters. The predicted molar refractivity (Wildman–Crippen MR) is 85.0 cm³/mol. The van der Waals surface area contributed by atoms with E-state index in [9.17, 15) is 13.2 Å². The molecule has 0 atom stereocenters. The van der Waals surface area contributed by atoms with E-state index >= 15 is 0 Å². The van der Waals surface area contributed by atoms with E-state index in [0.717, 1.165) is 17.8 Å². The largest absolute Gasteiger partial charge is 0.351 e. The van der Waals surface area contributed by atoms with Gasteiger partial charge < -0.3 is 5.32 Å². The Morgan fingerprint density at radius 3 is 1.95 bits per heavy atom. The number of hydrogen-bond acceptors (Lipinski definition) is 3. The normalized spacial score (nSPS) is 43.2. The standard InChI is InChI=1S/C17H27NO3S/c19-16(8-12-1-3-22(20,21)4-2-12)18-17-9-13-5-14(10-17)7-15(6-13)11-17/h12-15H,1-11H2,(H,18,19). The van der Waals surface area contributed by atoms with Gasteiger partial charge >= 0.3 is 0 Å². The van der Waals surface area contributed by atoms with Crippen molar-refractivity contribution in [2.75, 3.05) is 11.5 Å². The lowest BCUT2D eigenvalue weighted by Crippen LogP contribution is -2.60. The lowest BCUT2D eigenvalue weighted by atomic mass is 9.53. The van der Waals surface area contributed by atoms with Crippen LogP contribution in [0.15, 0.2) is 0 Å². The fourth-order valence-corrected chi connectivity index (χ4v) is 7.60. The van der Waals surface area contributed by atoms with E-state index in [1.165, 1.54) is 38.5 Å². The van der Waals surface area contributed by atoms with Crippen molar-refractivity contribution in [3.8, 4) is 0 Å². The minimum Gasteiger partial charge on any atom is -0.351 e. The molecule has 4 bridgehead atoms. The first-order valence-corrected chi connectivity index (χ1v) is 10.7. The van der Waals surface area contributed by atoms with Crippen molar-refractivity contribution < 1.29 is 13.2 Å². The molecule has 0 spiro atoms. The summed E-state index contributed by atoms with van der Waals surface area (Å²) in [5, 5.41) is 3.40. The lowest BCUT2D eigenvalue weighted by Gasteiger charge is -2.57. The van der Waals surface area contributed by atoms with Gasteiger partial charge in [-0.15, -0.1) is 0 Å². The first-order valence-electron chi connectivity index (χ1n) is 8.93. The topological polar surface area (TPSA) is 63.2 Å². The molecule has 4 nitrogen and oxygen atoms in total. The maximum Gasteiger partial charge on any atom is 0.220 e. The summed E-state index contributed by atoms with van der Waals surface area (Å²) < 4.78 is 23.0. The Hall–Kier alpha value is -0.580. The zero-order chi connectivity index (χ0) is 15.4. The molecular weight excluding hydrogens is 298 g/mol. The first-order chi connectivity index (χ1) is 10.4. The number of sulfone groups is 1. The molecule has 0 radical (unpaired) electrons. The minimum absolute atomic E-state index is 0.0899. The molecule has 1 heterocycles. The van der Waals surface area contributed by atoms with Crippen molar-refractivity contribution in [3.63, 3.8) is 0 Å². The van der Waals surface area contributed by atoms with Gasteiger partial charge in [0.2, 0.25) is 5.91 Å². The van der Waals surface area contributed by atoms with E-state index in [0.29, 0.717) is 19.3 Å². The predicted octanol–water partition coefficient (Wildman–Crippen LogP) is 2.29. The van der Waals surface area contributed by atoms with Crippen LogP contribution in [-0.2, 0) is 14.6 Å². The van der Waals surface area contributed by atoms with Gasteiger partial charge in [-0.1, -0.05) is 0 Å². The Labute approximate surface area is 133 Å². The number of rotatable bonds is 3. The van der Waals surface area contributed by atoms with Gasteiger partial charge in [-0.2, -0.15) is 0 Å². The number of carbonyl (C=O) groups is 1. The number of carbonyl (C=O) groups excluding carboxylic acids is 1. The summed E-state index contributed by atoms with van der Waals surface area (Å²) in [4.78, 5) is 12.5. The van der Waals surface area contributed by atoms with Gasteiger partial charge in [-0.25, -0.2) is 8.42 Å². The molecule has 124 valence electrons. The van der Waals surface area contributed by atoms with Gasteiger partial charge in [0.15, 0.2) is 0 Å². The molecule has 4 aliphatic carbocycles. The van der Waals surface area contributed by atoms with Gasteiger partial charge in [0.25, 0.3) is 0 Å². The highest BCUT2D eigenvalue weighted by atomic mass is 32.2. The lowest BCUT2D eigenvalue weighted by molar-refractivity contribution is -0.127. The third-order valence-electron chi connectivity index (χ3n) is 6.59. The summed E-state index contributed by atoms with van der Waals surface area (Å²) in [6.45, 7) is 0. The second-order valence-corrected chi connectivity index (χ2v) is 10.8. The van der Waals surface area contributed by atoms with Crippen LogP contribution in [0.2, 0.25) is 0 Å². The summed E-state index contributed by atoms with van der Waals surface area (Å²) in [7, 11) is -2.83. The monoisotopic (exact) mass is 325 g/mol. The average molecular weight is 325 g/mol. The Morgan fingerprint density at radius 1 is 0.955 bits per heavy atom. The van der Waals surface area contributed by atoms with Crippen molar-refractivity contribution in [1.82, 2.24) is 5.32 Å². The summed E-state index contributed by atoms with van der Waals surface area (Å²) in [6, 6.07) is 0. The fourth-order valence-electron chi connectivity index (χ4n) is 6.02. The first kappa shape index (κ1) is 15.0. The van der Waals surface area contributed by atoms with Crippen molar-refractivity contribution in [3.05, 3.63) is 0 Å². The molecule has 1 aliphatic heterocycles. The number of amides is 1. The molecule has 0 aromatic carbocycles. The van der Waals surface area contributed by atoms with Gasteiger partial charge in [0.1, 0.15) is 9.84 Å². The maximum absolute atomic E-state index is 12.5. The molecule has 0 aromatic rings. The molecule has 1 saturated heterocycles. The summed E-state index contributed by atoms with van der Waals surface area (Å²) >= 11 is 0. The molecular formula is C17H27NO3S. The van der Waals surface area contributed by atoms with E-state index in [1.54, 1.807) is 0 Å². The van der Waals surface area contributed by atoms with Crippen LogP contribution in [0.1, 0.15) is 57.8 Å². The number of nitrogens with one attached hydrogen (secondary N) is 1. The summed E-state index contributed by atoms with van der Waals surface area (Å²) in [5.41, 5.74) is 0.0899. The number of hydrogen-bond donors (Lipinski definition) is 1. The smallest absolute Gasteiger partial charge is 0.220 e. The third kappa shape index (κ3) is 2.93. The Bertz CT molecular complexity index is 519. The van der Waals surface area contributed by atoms with Crippen LogP contribution < -0.4 is 5.32 Å². The Balaban J connectivity index is 1.35. The van der Waals surface area contributed by atoms with Crippen LogP contribution in [0.5, 0.6) is 0 Å². The van der Waals surface area contributed by atoms with Crippen LogP contribution in [0.4, 0.5) is 0 Å². The van der Waals surface area contributed by atoms with E-state index < -0.39 is 9.84 Å². The van der Waals surface area contributed by atoms with Crippen molar-refractivity contribution in [2.24, 2.45) is 23.7 Å². The van der Waals surface area contributed by atoms with Crippen LogP contribution >= 0.6 is 0 Å². The summed E-state index contributed by atoms with van der Waals surface area (Å²) in [5.74, 6) is 3.48. The van der Waals surface area contributed by atoms with Gasteiger partial charge in [0.05, 0.1) is 11.5 Å². The highest BCUT2D eigenvalue weighted by Gasteiger charge is 2.51. The van der Waals surface area contributed by atoms with Crippen molar-refractivity contribution >= 4 is 15.7 Å². The minimum atomic E-state index is -2.83. The van der Waals surface area contributed by atoms with Gasteiger partial charge in [-0.05, 0) is 75.0 Å². The molecule has 5 fully saturated rings. The Kier molecular flexibility index (Phi) is 3.55. The average Bonchev–Trinajstić information content (AvgIpc) is 2.39. The van der Waals surface area contributed by atoms with Crippen LogP contribution in [0.25, 0.3) is 0 Å². The molecule has 1 N–H and O–H groups in total. The highest BCUT2D eigenvalue weighted by molar-refractivity contribution is 7.91. The second-order valence-electron chi connectivity index (χ2n) is 8.55. The Morgan fingerprint density at radius 2 is 1.45 bits per heavy atom. The van der Waals surface area contributed by atoms with E-state index in [2.05, 4.69) is 5.32 Å². The molecule has 4 saturated carbocycles. The van der Waals surface area contributed by atoms with Crippen molar-refractivity contribution in [1.29, 1.82) is 0 Å². The van der Waals surface area contributed by atoms with Gasteiger partial charge in [-0.3, -0.25) is 4.79 Å². The molecule has 5 heteroatoms. The van der Waals surface area contributed by atoms with Crippen LogP contribution in [0, 0.1) is 23.7 Å². The SMILES string of the molecule is O=C(CC1CCS(=O)(=O)CC1)NC12CC3CC(CC(C3)C1)C2. The van der Waals surface area contributed by atoms with Crippen LogP contribution in [0.3, 0.4) is 0 Å². The molecule has 0 aromatic heterocycles. The van der Waals surface area contributed by atoms with Crippen LogP contribution in [-0.4, -0.2) is 31.4 Å². The van der Waals surface area contributed by atoms with E-state index in [4.69, 9.17) is 0 Å². The maximum atomic E-state index is 12.5.